The first kappa shape index (κ1) is 18.3. The Bertz CT molecular complexity index is 668. The highest BCUT2D eigenvalue weighted by atomic mass is 32.1. The van der Waals surface area contributed by atoms with Crippen molar-refractivity contribution in [1.82, 2.24) is 15.2 Å². The van der Waals surface area contributed by atoms with Gasteiger partial charge < -0.3 is 14.8 Å². The van der Waals surface area contributed by atoms with E-state index in [-0.39, 0.29) is 0 Å². The van der Waals surface area contributed by atoms with Crippen molar-refractivity contribution in [1.29, 1.82) is 0 Å². The fourth-order valence-electron chi connectivity index (χ4n) is 2.72. The molecule has 1 aromatic carbocycles. The third-order valence-corrected chi connectivity index (χ3v) is 5.33. The summed E-state index contributed by atoms with van der Waals surface area (Å²) in [5, 5.41) is 6.60. The molecule has 0 atom stereocenters. The molecular formula is C19H27N3O2S. The van der Waals surface area contributed by atoms with Crippen molar-refractivity contribution in [2.75, 3.05) is 39.4 Å². The van der Waals surface area contributed by atoms with Crippen LogP contribution in [0.2, 0.25) is 0 Å². The van der Waals surface area contributed by atoms with E-state index >= 15 is 0 Å². The van der Waals surface area contributed by atoms with Crippen LogP contribution < -0.4 is 10.1 Å². The second-order valence-corrected chi connectivity index (χ2v) is 7.34. The van der Waals surface area contributed by atoms with Gasteiger partial charge >= 0.3 is 0 Å². The van der Waals surface area contributed by atoms with Crippen molar-refractivity contribution in [2.24, 2.45) is 0 Å². The van der Waals surface area contributed by atoms with Gasteiger partial charge in [-0.1, -0.05) is 6.07 Å². The Labute approximate surface area is 154 Å². The van der Waals surface area contributed by atoms with Gasteiger partial charge in [0.15, 0.2) is 0 Å². The fraction of sp³-hybridized carbons (Fsp3) is 0.526. The summed E-state index contributed by atoms with van der Waals surface area (Å²) in [4.78, 5) is 7.08. The molecule has 136 valence electrons. The molecule has 2 heterocycles. The monoisotopic (exact) mass is 361 g/mol. The molecule has 1 saturated heterocycles. The number of aromatic nitrogens is 1. The number of nitrogens with zero attached hydrogens (tertiary/aromatic N) is 2. The van der Waals surface area contributed by atoms with Crippen molar-refractivity contribution < 1.29 is 9.47 Å². The van der Waals surface area contributed by atoms with E-state index < -0.39 is 0 Å². The molecule has 2 aromatic rings. The third kappa shape index (κ3) is 5.78. The second-order valence-electron chi connectivity index (χ2n) is 6.40. The minimum absolute atomic E-state index is 0.529. The van der Waals surface area contributed by atoms with E-state index in [1.807, 2.05) is 6.07 Å². The molecule has 0 bridgehead atoms. The molecule has 6 heteroatoms. The van der Waals surface area contributed by atoms with E-state index in [4.69, 9.17) is 9.47 Å². The van der Waals surface area contributed by atoms with Gasteiger partial charge in [0.05, 0.1) is 18.9 Å². The summed E-state index contributed by atoms with van der Waals surface area (Å²) in [6, 6.07) is 6.19. The molecule has 0 amide bonds. The zero-order chi connectivity index (χ0) is 17.5. The summed E-state index contributed by atoms with van der Waals surface area (Å²) < 4.78 is 11.2. The van der Waals surface area contributed by atoms with Crippen LogP contribution in [0.25, 0.3) is 0 Å². The Hall–Kier alpha value is -1.47. The maximum atomic E-state index is 5.86. The average molecular weight is 362 g/mol. The predicted molar refractivity (Wildman–Crippen MR) is 101 cm³/mol. The van der Waals surface area contributed by atoms with Gasteiger partial charge in [-0.15, -0.1) is 11.3 Å². The van der Waals surface area contributed by atoms with Crippen LogP contribution in [0.4, 0.5) is 0 Å². The topological polar surface area (TPSA) is 46.6 Å². The molecular weight excluding hydrogens is 334 g/mol. The Morgan fingerprint density at radius 1 is 1.24 bits per heavy atom. The smallest absolute Gasteiger partial charge is 0.140 e. The highest BCUT2D eigenvalue weighted by Crippen LogP contribution is 2.19. The number of morpholine rings is 1. The summed E-state index contributed by atoms with van der Waals surface area (Å²) >= 11 is 1.66. The van der Waals surface area contributed by atoms with Crippen LogP contribution in [0.3, 0.4) is 0 Å². The van der Waals surface area contributed by atoms with E-state index in [0.717, 1.165) is 62.4 Å². The van der Waals surface area contributed by atoms with Crippen LogP contribution in [-0.2, 0) is 17.9 Å². The third-order valence-electron chi connectivity index (χ3n) is 4.45. The molecule has 1 N–H and O–H groups in total. The van der Waals surface area contributed by atoms with Gasteiger partial charge in [0.1, 0.15) is 17.4 Å². The van der Waals surface area contributed by atoms with Crippen molar-refractivity contribution in [3.63, 3.8) is 0 Å². The van der Waals surface area contributed by atoms with Crippen LogP contribution in [0.15, 0.2) is 23.6 Å². The Kier molecular flexibility index (Phi) is 6.81. The second kappa shape index (κ2) is 9.29. The summed E-state index contributed by atoms with van der Waals surface area (Å²) in [7, 11) is 0. The Morgan fingerprint density at radius 3 is 2.88 bits per heavy atom. The average Bonchev–Trinajstić information content (AvgIpc) is 3.08. The molecule has 25 heavy (non-hydrogen) atoms. The first-order valence-corrected chi connectivity index (χ1v) is 9.73. The van der Waals surface area contributed by atoms with Crippen molar-refractivity contribution >= 4 is 11.3 Å². The molecule has 0 saturated carbocycles. The van der Waals surface area contributed by atoms with Gasteiger partial charge in [-0.2, -0.15) is 0 Å². The Morgan fingerprint density at radius 2 is 2.08 bits per heavy atom. The largest absolute Gasteiger partial charge is 0.486 e. The van der Waals surface area contributed by atoms with Crippen LogP contribution in [0.5, 0.6) is 5.75 Å². The lowest BCUT2D eigenvalue weighted by molar-refractivity contribution is 0.0384. The van der Waals surface area contributed by atoms with Crippen molar-refractivity contribution in [3.8, 4) is 5.75 Å². The van der Waals surface area contributed by atoms with Gasteiger partial charge in [0, 0.05) is 38.1 Å². The highest BCUT2D eigenvalue weighted by Gasteiger charge is 2.09. The van der Waals surface area contributed by atoms with Crippen molar-refractivity contribution in [3.05, 3.63) is 45.4 Å². The maximum absolute atomic E-state index is 5.86. The number of hydrogen-bond acceptors (Lipinski definition) is 6. The van der Waals surface area contributed by atoms with Crippen LogP contribution in [-0.4, -0.2) is 49.3 Å². The number of thiazole rings is 1. The molecule has 1 aliphatic heterocycles. The number of ether oxygens (including phenoxy) is 2. The minimum Gasteiger partial charge on any atom is -0.486 e. The molecule has 0 aliphatic carbocycles. The summed E-state index contributed by atoms with van der Waals surface area (Å²) in [6.45, 7) is 11.4. The first-order valence-electron chi connectivity index (χ1n) is 8.85. The lowest BCUT2D eigenvalue weighted by Gasteiger charge is -2.26. The Balaban J connectivity index is 1.37. The van der Waals surface area contributed by atoms with Gasteiger partial charge in [-0.05, 0) is 37.1 Å². The molecule has 0 unspecified atom stereocenters. The highest BCUT2D eigenvalue weighted by molar-refractivity contribution is 7.09. The predicted octanol–water partition coefficient (Wildman–Crippen LogP) is 2.76. The van der Waals surface area contributed by atoms with Gasteiger partial charge in [-0.25, -0.2) is 4.98 Å². The number of rotatable bonds is 8. The number of nitrogens with one attached hydrogen (secondary N) is 1. The maximum Gasteiger partial charge on any atom is 0.140 e. The summed E-state index contributed by atoms with van der Waals surface area (Å²) in [6.07, 6.45) is 0. The molecule has 0 spiro atoms. The molecule has 5 nitrogen and oxygen atoms in total. The summed E-state index contributed by atoms with van der Waals surface area (Å²) in [5.41, 5.74) is 3.62. The van der Waals surface area contributed by atoms with Crippen LogP contribution in [0, 0.1) is 13.8 Å². The van der Waals surface area contributed by atoms with E-state index in [1.54, 1.807) is 11.3 Å². The molecule has 3 rings (SSSR count). The zero-order valence-corrected chi connectivity index (χ0v) is 15.9. The van der Waals surface area contributed by atoms with Crippen LogP contribution in [0.1, 0.15) is 21.8 Å². The number of hydrogen-bond donors (Lipinski definition) is 1. The molecule has 1 aromatic heterocycles. The normalized spacial score (nSPS) is 15.4. The standard InChI is InChI=1S/C19H27N3O2S/c1-15-3-4-18(11-16(15)2)24-13-19-21-17(14-25-19)12-20-5-6-22-7-9-23-10-8-22/h3-4,11,14,20H,5-10,12-13H2,1-2H3. The molecule has 1 fully saturated rings. The SMILES string of the molecule is Cc1ccc(OCc2nc(CNCCN3CCOCC3)cs2)cc1C. The van der Waals surface area contributed by atoms with Gasteiger partial charge in [0.2, 0.25) is 0 Å². The van der Waals surface area contributed by atoms with E-state index in [0.29, 0.717) is 6.61 Å². The number of aryl methyl sites for hydroxylation is 2. The fourth-order valence-corrected chi connectivity index (χ4v) is 3.43. The van der Waals surface area contributed by atoms with Crippen molar-refractivity contribution in [2.45, 2.75) is 27.0 Å². The van der Waals surface area contributed by atoms with E-state index in [2.05, 4.69) is 46.6 Å². The zero-order valence-electron chi connectivity index (χ0n) is 15.1. The lowest BCUT2D eigenvalue weighted by atomic mass is 10.1. The van der Waals surface area contributed by atoms with E-state index in [1.165, 1.54) is 11.1 Å². The quantitative estimate of drug-likeness (QED) is 0.733. The van der Waals surface area contributed by atoms with E-state index in [9.17, 15) is 0 Å². The van der Waals surface area contributed by atoms with Crippen LogP contribution >= 0.6 is 11.3 Å². The molecule has 0 radical (unpaired) electrons. The summed E-state index contributed by atoms with van der Waals surface area (Å²) in [5.74, 6) is 0.906. The first-order chi connectivity index (χ1) is 12.2. The number of benzene rings is 1. The molecule has 1 aliphatic rings. The minimum atomic E-state index is 0.529. The lowest BCUT2D eigenvalue weighted by Crippen LogP contribution is -2.40. The van der Waals surface area contributed by atoms with Gasteiger partial charge in [-0.3, -0.25) is 4.90 Å². The van der Waals surface area contributed by atoms with Gasteiger partial charge in [0.25, 0.3) is 0 Å².